The number of hydrogen-bond donors (Lipinski definition) is 0. The lowest BCUT2D eigenvalue weighted by Crippen LogP contribution is -2.15. The van der Waals surface area contributed by atoms with Gasteiger partial charge >= 0.3 is 0 Å². The third-order valence-corrected chi connectivity index (χ3v) is 12.9. The molecule has 0 spiro atoms. The molecular formula is C57H40N2. The Bertz CT molecular complexity index is 3450. The fourth-order valence-corrected chi connectivity index (χ4v) is 10.1. The van der Waals surface area contributed by atoms with Crippen molar-refractivity contribution >= 4 is 43.6 Å². The maximum atomic E-state index is 2.54. The van der Waals surface area contributed by atoms with Gasteiger partial charge < -0.3 is 9.13 Å². The number of para-hydroxylation sites is 3. The van der Waals surface area contributed by atoms with Crippen LogP contribution in [-0.4, -0.2) is 9.13 Å². The summed E-state index contributed by atoms with van der Waals surface area (Å²) in [7, 11) is 0. The van der Waals surface area contributed by atoms with Crippen LogP contribution in [-0.2, 0) is 5.41 Å². The summed E-state index contributed by atoms with van der Waals surface area (Å²) in [5.41, 5.74) is 19.7. The van der Waals surface area contributed by atoms with Crippen LogP contribution in [0.3, 0.4) is 0 Å². The van der Waals surface area contributed by atoms with Gasteiger partial charge in [-0.2, -0.15) is 0 Å². The van der Waals surface area contributed by atoms with E-state index in [0.717, 1.165) is 5.69 Å². The first kappa shape index (κ1) is 33.7. The Hall–Kier alpha value is -7.42. The van der Waals surface area contributed by atoms with Gasteiger partial charge in [-0.3, -0.25) is 0 Å². The molecule has 2 nitrogen and oxygen atoms in total. The highest BCUT2D eigenvalue weighted by atomic mass is 15.0. The largest absolute Gasteiger partial charge is 0.309 e. The normalized spacial score (nSPS) is 13.1. The molecule has 0 aliphatic heterocycles. The van der Waals surface area contributed by atoms with E-state index in [1.54, 1.807) is 0 Å². The van der Waals surface area contributed by atoms with Crippen LogP contribution in [0.4, 0.5) is 0 Å². The van der Waals surface area contributed by atoms with E-state index in [1.165, 1.54) is 105 Å². The minimum atomic E-state index is -0.123. The molecule has 0 bridgehead atoms. The molecule has 278 valence electrons. The maximum absolute atomic E-state index is 2.54. The van der Waals surface area contributed by atoms with Crippen LogP contribution in [0.5, 0.6) is 0 Å². The number of hydrogen-bond acceptors (Lipinski definition) is 0. The van der Waals surface area contributed by atoms with Crippen molar-refractivity contribution in [2.45, 2.75) is 19.3 Å². The van der Waals surface area contributed by atoms with Crippen molar-refractivity contribution in [3.8, 4) is 55.9 Å². The number of fused-ring (bicyclic) bond motifs is 9. The summed E-state index contributed by atoms with van der Waals surface area (Å²) < 4.78 is 4.96. The summed E-state index contributed by atoms with van der Waals surface area (Å²) in [5.74, 6) is 0. The average Bonchev–Trinajstić information content (AvgIpc) is 3.89. The number of aromatic nitrogens is 2. The molecule has 2 heteroatoms. The van der Waals surface area contributed by atoms with Gasteiger partial charge in [-0.25, -0.2) is 0 Å². The Kier molecular flexibility index (Phi) is 7.31. The van der Waals surface area contributed by atoms with Crippen LogP contribution < -0.4 is 0 Å². The van der Waals surface area contributed by atoms with Crippen molar-refractivity contribution < 1.29 is 0 Å². The van der Waals surface area contributed by atoms with Crippen molar-refractivity contribution in [2.75, 3.05) is 0 Å². The third-order valence-electron chi connectivity index (χ3n) is 12.9. The quantitative estimate of drug-likeness (QED) is 0.166. The molecule has 0 unspecified atom stereocenters. The molecule has 2 aromatic heterocycles. The van der Waals surface area contributed by atoms with E-state index in [2.05, 4.69) is 229 Å². The van der Waals surface area contributed by atoms with Crippen LogP contribution in [0.25, 0.3) is 99.5 Å². The second-order valence-electron chi connectivity index (χ2n) is 16.5. The second kappa shape index (κ2) is 12.8. The van der Waals surface area contributed by atoms with Crippen LogP contribution in [0.2, 0.25) is 0 Å². The third kappa shape index (κ3) is 5.06. The van der Waals surface area contributed by atoms with Gasteiger partial charge in [0.25, 0.3) is 0 Å². The Morgan fingerprint density at radius 2 is 0.864 bits per heavy atom. The molecule has 0 fully saturated rings. The smallest absolute Gasteiger partial charge is 0.0619 e. The molecule has 59 heavy (non-hydrogen) atoms. The summed E-state index contributed by atoms with van der Waals surface area (Å²) in [6.45, 7) is 4.75. The highest BCUT2D eigenvalue weighted by Crippen LogP contribution is 2.50. The van der Waals surface area contributed by atoms with Crippen LogP contribution in [0.15, 0.2) is 206 Å². The molecule has 0 saturated heterocycles. The predicted octanol–water partition coefficient (Wildman–Crippen LogP) is 15.2. The minimum absolute atomic E-state index is 0.123. The maximum Gasteiger partial charge on any atom is 0.0619 e. The molecule has 1 aliphatic carbocycles. The van der Waals surface area contributed by atoms with E-state index in [1.807, 2.05) is 0 Å². The lowest BCUT2D eigenvalue weighted by atomic mass is 9.82. The Balaban J connectivity index is 1.13. The first-order valence-corrected chi connectivity index (χ1v) is 20.6. The highest BCUT2D eigenvalue weighted by Gasteiger charge is 2.35. The van der Waals surface area contributed by atoms with E-state index in [-0.39, 0.29) is 5.41 Å². The fraction of sp³-hybridized carbons (Fsp3) is 0.0526. The van der Waals surface area contributed by atoms with E-state index >= 15 is 0 Å². The molecular weight excluding hydrogens is 713 g/mol. The lowest BCUT2D eigenvalue weighted by Gasteiger charge is -2.22. The van der Waals surface area contributed by atoms with Gasteiger partial charge in [-0.15, -0.1) is 0 Å². The second-order valence-corrected chi connectivity index (χ2v) is 16.5. The summed E-state index contributed by atoms with van der Waals surface area (Å²) in [6.07, 6.45) is 0. The Morgan fingerprint density at radius 1 is 0.305 bits per heavy atom. The molecule has 9 aromatic carbocycles. The average molecular weight is 753 g/mol. The molecule has 12 rings (SSSR count). The highest BCUT2D eigenvalue weighted by molar-refractivity contribution is 6.16. The summed E-state index contributed by atoms with van der Waals surface area (Å²) in [5, 5.41) is 5.00. The van der Waals surface area contributed by atoms with Gasteiger partial charge in [-0.1, -0.05) is 172 Å². The topological polar surface area (TPSA) is 9.86 Å². The van der Waals surface area contributed by atoms with E-state index in [9.17, 15) is 0 Å². The van der Waals surface area contributed by atoms with E-state index in [4.69, 9.17) is 0 Å². The standard InChI is InChI=1S/C57H40N2/c1-57(2)51-25-11-9-21-45(51)46-32-29-43(36-52(46)57)59-55-34-40(39-18-13-17-38(33-39)37-15-5-3-6-16-37)27-30-49(55)50-24-14-23-44(56(50)59)41-28-31-48-47-22-10-12-26-53(47)58(54(48)35-41)42-19-7-4-8-20-42/h3-36H,1-2H3. The first-order valence-electron chi connectivity index (χ1n) is 20.6. The number of benzene rings is 9. The fourth-order valence-electron chi connectivity index (χ4n) is 10.1. The Morgan fingerprint density at radius 3 is 1.71 bits per heavy atom. The monoisotopic (exact) mass is 752 g/mol. The summed E-state index contributed by atoms with van der Waals surface area (Å²) in [4.78, 5) is 0. The molecule has 0 amide bonds. The van der Waals surface area contributed by atoms with E-state index < -0.39 is 0 Å². The van der Waals surface area contributed by atoms with Crippen molar-refractivity contribution in [1.29, 1.82) is 0 Å². The molecule has 0 atom stereocenters. The molecule has 0 radical (unpaired) electrons. The predicted molar refractivity (Wildman–Crippen MR) is 249 cm³/mol. The van der Waals surface area contributed by atoms with Crippen molar-refractivity contribution in [3.05, 3.63) is 217 Å². The minimum Gasteiger partial charge on any atom is -0.309 e. The molecule has 2 heterocycles. The van der Waals surface area contributed by atoms with Gasteiger partial charge in [0.05, 0.1) is 22.1 Å². The van der Waals surface area contributed by atoms with Crippen LogP contribution in [0, 0.1) is 0 Å². The zero-order chi connectivity index (χ0) is 39.2. The number of nitrogens with zero attached hydrogens (tertiary/aromatic N) is 2. The van der Waals surface area contributed by atoms with Crippen LogP contribution in [0.1, 0.15) is 25.0 Å². The van der Waals surface area contributed by atoms with Crippen molar-refractivity contribution in [3.63, 3.8) is 0 Å². The van der Waals surface area contributed by atoms with Crippen molar-refractivity contribution in [1.82, 2.24) is 9.13 Å². The SMILES string of the molecule is CC1(C)c2ccccc2-c2ccc(-n3c4cc(-c5cccc(-c6ccccc6)c5)ccc4c4cccc(-c5ccc6c7ccccc7n(-c7ccccc7)c6c5)c43)cc21. The summed E-state index contributed by atoms with van der Waals surface area (Å²) in [6, 6.07) is 76.2. The zero-order valence-electron chi connectivity index (χ0n) is 33.0. The summed E-state index contributed by atoms with van der Waals surface area (Å²) >= 11 is 0. The molecule has 0 saturated carbocycles. The van der Waals surface area contributed by atoms with Crippen molar-refractivity contribution in [2.24, 2.45) is 0 Å². The molecule has 11 aromatic rings. The van der Waals surface area contributed by atoms with Gasteiger partial charge in [0, 0.05) is 43.9 Å². The number of rotatable bonds is 5. The zero-order valence-corrected chi connectivity index (χ0v) is 33.0. The Labute approximate surface area is 343 Å². The van der Waals surface area contributed by atoms with E-state index in [0.29, 0.717) is 0 Å². The van der Waals surface area contributed by atoms with Gasteiger partial charge in [0.2, 0.25) is 0 Å². The molecule has 1 aliphatic rings. The van der Waals surface area contributed by atoms with Gasteiger partial charge in [0.15, 0.2) is 0 Å². The molecule has 0 N–H and O–H groups in total. The van der Waals surface area contributed by atoms with Gasteiger partial charge in [-0.05, 0) is 98.6 Å². The first-order chi connectivity index (χ1) is 29.0. The van der Waals surface area contributed by atoms with Gasteiger partial charge in [0.1, 0.15) is 0 Å². The lowest BCUT2D eigenvalue weighted by molar-refractivity contribution is 0.660. The van der Waals surface area contributed by atoms with Crippen LogP contribution >= 0.6 is 0 Å².